The maximum absolute atomic E-state index is 11.5. The molecule has 0 atom stereocenters. The zero-order chi connectivity index (χ0) is 21.1. The summed E-state index contributed by atoms with van der Waals surface area (Å²) >= 11 is 0. The molecule has 0 unspecified atom stereocenters. The van der Waals surface area contributed by atoms with Gasteiger partial charge in [-0.15, -0.1) is 0 Å². The van der Waals surface area contributed by atoms with Gasteiger partial charge >= 0.3 is 0 Å². The van der Waals surface area contributed by atoms with Crippen molar-refractivity contribution >= 4 is 35.0 Å². The van der Waals surface area contributed by atoms with Crippen LogP contribution in [0.5, 0.6) is 0 Å². The molecular weight excluding hydrogens is 382 g/mol. The largest absolute Gasteiger partial charge is 0.366 e. The van der Waals surface area contributed by atoms with Gasteiger partial charge in [-0.3, -0.25) is 9.89 Å². The number of hydrogen-bond acceptors (Lipinski definition) is 8. The number of hydrogen-bond donors (Lipinski definition) is 4. The number of primary amides is 1. The van der Waals surface area contributed by atoms with Crippen LogP contribution in [0.4, 0.5) is 29.1 Å². The van der Waals surface area contributed by atoms with Gasteiger partial charge < -0.3 is 26.2 Å². The molecule has 0 spiro atoms. The van der Waals surface area contributed by atoms with E-state index >= 15 is 0 Å². The summed E-state index contributed by atoms with van der Waals surface area (Å²) in [6.07, 6.45) is 0. The van der Waals surface area contributed by atoms with Gasteiger partial charge in [-0.25, -0.2) is 0 Å². The minimum atomic E-state index is -0.484. The minimum Gasteiger partial charge on any atom is -0.366 e. The molecular formula is C20H25N9O. The first-order valence-electron chi connectivity index (χ1n) is 9.75. The smallest absolute Gasteiger partial charge is 0.248 e. The van der Waals surface area contributed by atoms with Crippen molar-refractivity contribution in [3.8, 4) is 0 Å². The van der Waals surface area contributed by atoms with Gasteiger partial charge in [-0.1, -0.05) is 6.07 Å². The predicted octanol–water partition coefficient (Wildman–Crippen LogP) is 1.85. The number of aryl methyl sites for hydroxylation is 1. The topological polar surface area (TPSA) is 128 Å². The van der Waals surface area contributed by atoms with Crippen molar-refractivity contribution in [3.63, 3.8) is 0 Å². The number of H-pyrrole nitrogens is 1. The van der Waals surface area contributed by atoms with Gasteiger partial charge in [0.1, 0.15) is 11.6 Å². The van der Waals surface area contributed by atoms with Crippen molar-refractivity contribution < 1.29 is 4.79 Å². The average Bonchev–Trinajstić information content (AvgIpc) is 3.13. The number of aromatic nitrogens is 4. The van der Waals surface area contributed by atoms with Gasteiger partial charge in [0, 0.05) is 55.3 Å². The fraction of sp³-hybridized carbons (Fsp3) is 0.300. The third-order valence-corrected chi connectivity index (χ3v) is 4.91. The number of carbonyl (C=O) groups excluding carboxylic acids is 1. The summed E-state index contributed by atoms with van der Waals surface area (Å²) in [5.74, 6) is 2.06. The van der Waals surface area contributed by atoms with Gasteiger partial charge in [0.25, 0.3) is 0 Å². The second-order valence-electron chi connectivity index (χ2n) is 7.36. The zero-order valence-corrected chi connectivity index (χ0v) is 17.0. The first-order valence-corrected chi connectivity index (χ1v) is 9.75. The Kier molecular flexibility index (Phi) is 5.48. The van der Waals surface area contributed by atoms with E-state index in [1.54, 1.807) is 18.2 Å². The van der Waals surface area contributed by atoms with Gasteiger partial charge in [0.2, 0.25) is 11.9 Å². The molecule has 1 amide bonds. The summed E-state index contributed by atoms with van der Waals surface area (Å²) in [5, 5.41) is 13.5. The lowest BCUT2D eigenvalue weighted by Crippen LogP contribution is -2.44. The molecule has 4 rings (SSSR count). The van der Waals surface area contributed by atoms with E-state index in [1.807, 2.05) is 25.1 Å². The summed E-state index contributed by atoms with van der Waals surface area (Å²) < 4.78 is 0. The molecule has 1 aliphatic heterocycles. The van der Waals surface area contributed by atoms with Crippen molar-refractivity contribution in [1.29, 1.82) is 0 Å². The Morgan fingerprint density at radius 2 is 1.87 bits per heavy atom. The number of nitrogens with one attached hydrogen (secondary N) is 3. The number of carbonyl (C=O) groups is 1. The number of piperazine rings is 1. The van der Waals surface area contributed by atoms with E-state index in [1.165, 1.54) is 0 Å². The van der Waals surface area contributed by atoms with Crippen LogP contribution >= 0.6 is 0 Å². The molecule has 3 heterocycles. The second-order valence-corrected chi connectivity index (χ2v) is 7.36. The molecule has 0 aliphatic carbocycles. The summed E-state index contributed by atoms with van der Waals surface area (Å²) in [6.45, 7) is 5.63. The Balaban J connectivity index is 1.64. The fourth-order valence-electron chi connectivity index (χ4n) is 3.24. The number of benzene rings is 1. The van der Waals surface area contributed by atoms with Crippen LogP contribution in [-0.2, 0) is 0 Å². The summed E-state index contributed by atoms with van der Waals surface area (Å²) in [5.41, 5.74) is 7.44. The number of amides is 1. The van der Waals surface area contributed by atoms with Gasteiger partial charge in [-0.05, 0) is 32.2 Å². The van der Waals surface area contributed by atoms with Crippen LogP contribution in [0.3, 0.4) is 0 Å². The number of likely N-dealkylation sites (N-methyl/N-ethyl adjacent to an activating group) is 1. The molecule has 1 aromatic carbocycles. The maximum Gasteiger partial charge on any atom is 0.248 e. The first-order chi connectivity index (χ1) is 14.5. The van der Waals surface area contributed by atoms with E-state index < -0.39 is 5.91 Å². The number of nitrogens with two attached hydrogens (primary N) is 1. The molecule has 1 fully saturated rings. The highest BCUT2D eigenvalue weighted by atomic mass is 16.1. The van der Waals surface area contributed by atoms with E-state index in [0.29, 0.717) is 28.8 Å². The predicted molar refractivity (Wildman–Crippen MR) is 117 cm³/mol. The van der Waals surface area contributed by atoms with Crippen molar-refractivity contribution in [2.75, 3.05) is 48.8 Å². The maximum atomic E-state index is 11.5. The highest BCUT2D eigenvalue weighted by Gasteiger charge is 2.18. The van der Waals surface area contributed by atoms with E-state index in [4.69, 9.17) is 10.7 Å². The van der Waals surface area contributed by atoms with Gasteiger partial charge in [-0.2, -0.15) is 15.1 Å². The lowest BCUT2D eigenvalue weighted by molar-refractivity contribution is 0.100. The quantitative estimate of drug-likeness (QED) is 0.487. The van der Waals surface area contributed by atoms with Crippen LogP contribution in [0, 0.1) is 6.92 Å². The van der Waals surface area contributed by atoms with Crippen LogP contribution in [0.1, 0.15) is 16.1 Å². The van der Waals surface area contributed by atoms with Gasteiger partial charge in [0.05, 0.1) is 0 Å². The molecule has 30 heavy (non-hydrogen) atoms. The molecule has 3 aromatic rings. The van der Waals surface area contributed by atoms with Crippen molar-refractivity contribution in [3.05, 3.63) is 47.7 Å². The Morgan fingerprint density at radius 1 is 1.07 bits per heavy atom. The zero-order valence-electron chi connectivity index (χ0n) is 17.0. The highest BCUT2D eigenvalue weighted by Crippen LogP contribution is 2.24. The standard InChI is InChI=1S/C20H25N9O/c1-13-10-17(27-26-13)23-16-12-18(29-8-6-28(2)7-9-29)25-20(24-16)22-15-5-3-4-14(11-15)19(21)30/h3-5,10-12H,6-9H2,1-2H3,(H2,21,30)(H3,22,23,24,25,26,27). The minimum absolute atomic E-state index is 0.417. The molecule has 0 bridgehead atoms. The molecule has 0 radical (unpaired) electrons. The number of rotatable bonds is 6. The molecule has 5 N–H and O–H groups in total. The van der Waals surface area contributed by atoms with Crippen LogP contribution in [0.15, 0.2) is 36.4 Å². The molecule has 156 valence electrons. The van der Waals surface area contributed by atoms with Crippen LogP contribution in [-0.4, -0.2) is 64.2 Å². The van der Waals surface area contributed by atoms with Crippen molar-refractivity contribution in [2.24, 2.45) is 5.73 Å². The molecule has 10 heteroatoms. The number of anilines is 5. The summed E-state index contributed by atoms with van der Waals surface area (Å²) in [7, 11) is 2.11. The monoisotopic (exact) mass is 407 g/mol. The average molecular weight is 407 g/mol. The number of nitrogens with zero attached hydrogens (tertiary/aromatic N) is 5. The molecule has 2 aromatic heterocycles. The lowest BCUT2D eigenvalue weighted by Gasteiger charge is -2.33. The van der Waals surface area contributed by atoms with Crippen molar-refractivity contribution in [1.82, 2.24) is 25.1 Å². The fourth-order valence-corrected chi connectivity index (χ4v) is 3.24. The van der Waals surface area contributed by atoms with Crippen LogP contribution < -0.4 is 21.3 Å². The lowest BCUT2D eigenvalue weighted by atomic mass is 10.2. The third-order valence-electron chi connectivity index (χ3n) is 4.91. The summed E-state index contributed by atoms with van der Waals surface area (Å²) in [6, 6.07) is 10.8. The molecule has 0 saturated carbocycles. The van der Waals surface area contributed by atoms with E-state index in [2.05, 4.69) is 42.7 Å². The Morgan fingerprint density at radius 3 is 2.57 bits per heavy atom. The van der Waals surface area contributed by atoms with E-state index in [9.17, 15) is 4.79 Å². The molecule has 10 nitrogen and oxygen atoms in total. The van der Waals surface area contributed by atoms with Crippen LogP contribution in [0.25, 0.3) is 0 Å². The van der Waals surface area contributed by atoms with E-state index in [0.717, 1.165) is 37.7 Å². The van der Waals surface area contributed by atoms with Gasteiger partial charge in [0.15, 0.2) is 5.82 Å². The Bertz CT molecular complexity index is 1040. The SMILES string of the molecule is Cc1cc(Nc2cc(N3CCN(C)CC3)nc(Nc3cccc(C(N)=O)c3)n2)n[nH]1. The van der Waals surface area contributed by atoms with Crippen molar-refractivity contribution in [2.45, 2.75) is 6.92 Å². The van der Waals surface area contributed by atoms with E-state index in [-0.39, 0.29) is 0 Å². The second kappa shape index (κ2) is 8.37. The normalized spacial score (nSPS) is 14.5. The number of aromatic amines is 1. The molecule has 1 aliphatic rings. The van der Waals surface area contributed by atoms with Crippen LogP contribution in [0.2, 0.25) is 0 Å². The third kappa shape index (κ3) is 4.66. The Labute approximate surface area is 174 Å². The molecule has 1 saturated heterocycles. The first kappa shape index (κ1) is 19.6. The Hall–Kier alpha value is -3.66. The highest BCUT2D eigenvalue weighted by molar-refractivity contribution is 5.93. The summed E-state index contributed by atoms with van der Waals surface area (Å²) in [4.78, 5) is 25.3.